The van der Waals surface area contributed by atoms with E-state index in [1.165, 1.54) is 19.4 Å². The summed E-state index contributed by atoms with van der Waals surface area (Å²) in [5.41, 5.74) is -0.294. The minimum absolute atomic E-state index is 0.288. The van der Waals surface area contributed by atoms with Crippen LogP contribution in [0.5, 0.6) is 5.88 Å². The summed E-state index contributed by atoms with van der Waals surface area (Å²) in [7, 11) is 1.47. The van der Waals surface area contributed by atoms with E-state index in [9.17, 15) is 9.59 Å². The van der Waals surface area contributed by atoms with E-state index >= 15 is 0 Å². The van der Waals surface area contributed by atoms with Crippen LogP contribution in [0.4, 0.5) is 0 Å². The van der Waals surface area contributed by atoms with Crippen molar-refractivity contribution in [1.29, 1.82) is 0 Å². The second-order valence-electron chi connectivity index (χ2n) is 5.20. The third kappa shape index (κ3) is 3.94. The zero-order valence-electron chi connectivity index (χ0n) is 11.4. The van der Waals surface area contributed by atoms with Gasteiger partial charge >= 0.3 is 5.97 Å². The smallest absolute Gasteiger partial charge is 0.326 e. The van der Waals surface area contributed by atoms with Gasteiger partial charge in [-0.1, -0.05) is 20.8 Å². The normalized spacial score (nSPS) is 12.6. The molecule has 1 amide bonds. The number of nitrogens with one attached hydrogen (secondary N) is 1. The molecule has 1 aromatic rings. The summed E-state index contributed by atoms with van der Waals surface area (Å²) in [6, 6.07) is 2.10. The number of pyridine rings is 1. The maximum atomic E-state index is 12.0. The molecule has 104 valence electrons. The van der Waals surface area contributed by atoms with Gasteiger partial charge in [0.05, 0.1) is 12.7 Å². The van der Waals surface area contributed by atoms with Crippen molar-refractivity contribution < 1.29 is 19.4 Å². The summed E-state index contributed by atoms with van der Waals surface area (Å²) < 4.78 is 4.89. The average molecular weight is 266 g/mol. The highest BCUT2D eigenvalue weighted by Crippen LogP contribution is 2.20. The Balaban J connectivity index is 2.85. The fourth-order valence-electron chi connectivity index (χ4n) is 1.50. The topological polar surface area (TPSA) is 88.5 Å². The predicted molar refractivity (Wildman–Crippen MR) is 69.1 cm³/mol. The minimum atomic E-state index is -1.07. The number of carbonyl (C=O) groups excluding carboxylic acids is 1. The first-order valence-corrected chi connectivity index (χ1v) is 5.79. The summed E-state index contributed by atoms with van der Waals surface area (Å²) in [4.78, 5) is 27.0. The summed E-state index contributed by atoms with van der Waals surface area (Å²) >= 11 is 0. The number of rotatable bonds is 4. The van der Waals surface area contributed by atoms with E-state index in [1.807, 2.05) is 0 Å². The summed E-state index contributed by atoms with van der Waals surface area (Å²) in [6.07, 6.45) is 1.34. The van der Waals surface area contributed by atoms with Crippen LogP contribution in [-0.2, 0) is 4.79 Å². The molecule has 0 bridgehead atoms. The number of ether oxygens (including phenoxy) is 1. The fourth-order valence-corrected chi connectivity index (χ4v) is 1.50. The van der Waals surface area contributed by atoms with E-state index in [2.05, 4.69) is 10.3 Å². The Labute approximate surface area is 111 Å². The molecule has 0 aromatic carbocycles. The van der Waals surface area contributed by atoms with Crippen LogP contribution in [0.25, 0.3) is 0 Å². The number of hydrogen-bond acceptors (Lipinski definition) is 4. The number of carboxylic acid groups (broad SMARTS) is 1. The van der Waals surface area contributed by atoms with Crippen molar-refractivity contribution in [3.05, 3.63) is 23.9 Å². The van der Waals surface area contributed by atoms with Crippen LogP contribution in [0.2, 0.25) is 0 Å². The lowest BCUT2D eigenvalue weighted by Crippen LogP contribution is -2.49. The van der Waals surface area contributed by atoms with Gasteiger partial charge in [-0.3, -0.25) is 4.79 Å². The highest BCUT2D eigenvalue weighted by molar-refractivity contribution is 5.96. The van der Waals surface area contributed by atoms with Crippen molar-refractivity contribution in [2.75, 3.05) is 7.11 Å². The van der Waals surface area contributed by atoms with Gasteiger partial charge in [-0.25, -0.2) is 9.78 Å². The molecule has 19 heavy (non-hydrogen) atoms. The zero-order valence-corrected chi connectivity index (χ0v) is 11.4. The third-order valence-corrected chi connectivity index (χ3v) is 2.60. The first kappa shape index (κ1) is 14.9. The fraction of sp³-hybridized carbons (Fsp3) is 0.462. The minimum Gasteiger partial charge on any atom is -0.481 e. The molecule has 1 heterocycles. The molecule has 0 fully saturated rings. The van der Waals surface area contributed by atoms with Gasteiger partial charge in [0.2, 0.25) is 5.88 Å². The van der Waals surface area contributed by atoms with Gasteiger partial charge in [0, 0.05) is 12.3 Å². The Bertz CT molecular complexity index is 463. The van der Waals surface area contributed by atoms with Crippen molar-refractivity contribution in [2.24, 2.45) is 5.41 Å². The van der Waals surface area contributed by atoms with Crippen LogP contribution in [0.3, 0.4) is 0 Å². The first-order chi connectivity index (χ1) is 8.75. The largest absolute Gasteiger partial charge is 0.481 e. The second-order valence-corrected chi connectivity index (χ2v) is 5.20. The van der Waals surface area contributed by atoms with E-state index in [0.717, 1.165) is 0 Å². The highest BCUT2D eigenvalue weighted by atomic mass is 16.5. The standard InChI is InChI=1S/C13H18N2O4/c1-13(2,3)10(12(17)18)15-11(16)8-5-6-9(19-4)14-7-8/h5-7,10H,1-4H3,(H,15,16)(H,17,18)/t10-/m0/s1. The summed E-state index contributed by atoms with van der Waals surface area (Å²) in [5.74, 6) is -1.15. The number of methoxy groups -OCH3 is 1. The van der Waals surface area contributed by atoms with E-state index < -0.39 is 23.3 Å². The lowest BCUT2D eigenvalue weighted by Gasteiger charge is -2.27. The molecular weight excluding hydrogens is 248 g/mol. The van der Waals surface area contributed by atoms with Crippen LogP contribution >= 0.6 is 0 Å². The number of hydrogen-bond donors (Lipinski definition) is 2. The predicted octanol–water partition coefficient (Wildman–Crippen LogP) is 1.32. The van der Waals surface area contributed by atoms with E-state index in [0.29, 0.717) is 5.88 Å². The molecule has 6 nitrogen and oxygen atoms in total. The number of carbonyl (C=O) groups is 2. The molecule has 6 heteroatoms. The Kier molecular flexibility index (Phi) is 4.47. The molecular formula is C13H18N2O4. The van der Waals surface area contributed by atoms with Crippen molar-refractivity contribution in [1.82, 2.24) is 10.3 Å². The molecule has 1 atom stereocenters. The maximum Gasteiger partial charge on any atom is 0.326 e. The van der Waals surface area contributed by atoms with E-state index in [-0.39, 0.29) is 5.56 Å². The van der Waals surface area contributed by atoms with Gasteiger partial charge in [0.15, 0.2) is 0 Å². The average Bonchev–Trinajstić information content (AvgIpc) is 2.34. The Hall–Kier alpha value is -2.11. The molecule has 0 unspecified atom stereocenters. The van der Waals surface area contributed by atoms with Gasteiger partial charge in [0.1, 0.15) is 6.04 Å². The monoisotopic (exact) mass is 266 g/mol. The van der Waals surface area contributed by atoms with Crippen molar-refractivity contribution in [3.8, 4) is 5.88 Å². The van der Waals surface area contributed by atoms with Gasteiger partial charge in [-0.2, -0.15) is 0 Å². The number of aliphatic carboxylic acids is 1. The lowest BCUT2D eigenvalue weighted by atomic mass is 9.86. The van der Waals surface area contributed by atoms with Gasteiger partial charge in [-0.15, -0.1) is 0 Å². The Morgan fingerprint density at radius 3 is 2.37 bits per heavy atom. The van der Waals surface area contributed by atoms with Crippen molar-refractivity contribution >= 4 is 11.9 Å². The van der Waals surface area contributed by atoms with Crippen LogP contribution in [0.15, 0.2) is 18.3 Å². The summed E-state index contributed by atoms with van der Waals surface area (Å²) in [6.45, 7) is 5.25. The Morgan fingerprint density at radius 2 is 2.00 bits per heavy atom. The summed E-state index contributed by atoms with van der Waals surface area (Å²) in [5, 5.41) is 11.6. The Morgan fingerprint density at radius 1 is 1.37 bits per heavy atom. The molecule has 1 rings (SSSR count). The maximum absolute atomic E-state index is 12.0. The van der Waals surface area contributed by atoms with Gasteiger partial charge in [0.25, 0.3) is 5.91 Å². The molecule has 2 N–H and O–H groups in total. The number of nitrogens with zero attached hydrogens (tertiary/aromatic N) is 1. The zero-order chi connectivity index (χ0) is 14.6. The van der Waals surface area contributed by atoms with Gasteiger partial charge < -0.3 is 15.2 Å². The van der Waals surface area contributed by atoms with Crippen molar-refractivity contribution in [3.63, 3.8) is 0 Å². The van der Waals surface area contributed by atoms with Crippen LogP contribution < -0.4 is 10.1 Å². The van der Waals surface area contributed by atoms with Crippen molar-refractivity contribution in [2.45, 2.75) is 26.8 Å². The number of amides is 1. The third-order valence-electron chi connectivity index (χ3n) is 2.60. The first-order valence-electron chi connectivity index (χ1n) is 5.79. The molecule has 0 radical (unpaired) electrons. The molecule has 0 saturated carbocycles. The van der Waals surface area contributed by atoms with Gasteiger partial charge in [-0.05, 0) is 11.5 Å². The molecule has 0 saturated heterocycles. The number of carboxylic acids is 1. The molecule has 1 aromatic heterocycles. The molecule has 0 aliphatic carbocycles. The SMILES string of the molecule is COc1ccc(C(=O)N[C@@H](C(=O)O)C(C)(C)C)cn1. The van der Waals surface area contributed by atoms with E-state index in [1.54, 1.807) is 26.8 Å². The quantitative estimate of drug-likeness (QED) is 0.858. The second kappa shape index (κ2) is 5.69. The number of aromatic nitrogens is 1. The molecule has 0 spiro atoms. The van der Waals surface area contributed by atoms with Crippen LogP contribution in [-0.4, -0.2) is 35.1 Å². The molecule has 0 aliphatic rings. The van der Waals surface area contributed by atoms with E-state index in [4.69, 9.17) is 9.84 Å². The van der Waals surface area contributed by atoms with Crippen LogP contribution in [0, 0.1) is 5.41 Å². The highest BCUT2D eigenvalue weighted by Gasteiger charge is 2.32. The van der Waals surface area contributed by atoms with Crippen LogP contribution in [0.1, 0.15) is 31.1 Å². The lowest BCUT2D eigenvalue weighted by molar-refractivity contribution is -0.142. The molecule has 0 aliphatic heterocycles.